The highest BCUT2D eigenvalue weighted by atomic mass is 19.4. The number of rotatable bonds is 3. The summed E-state index contributed by atoms with van der Waals surface area (Å²) in [5.41, 5.74) is 6.44. The number of alkyl halides is 3. The lowest BCUT2D eigenvalue weighted by Gasteiger charge is -2.10. The number of aromatic nitrogens is 2. The Balaban J connectivity index is 1.97. The Kier molecular flexibility index (Phi) is 3.19. The zero-order chi connectivity index (χ0) is 15.2. The molecule has 1 heterocycles. The molecule has 1 fully saturated rings. The van der Waals surface area contributed by atoms with E-state index in [4.69, 9.17) is 5.73 Å². The number of nitrogens with zero attached hydrogens (tertiary/aromatic N) is 2. The molecule has 0 radical (unpaired) electrons. The molecule has 2 aromatic rings. The van der Waals surface area contributed by atoms with Gasteiger partial charge in [-0.05, 0) is 37.8 Å². The Hall–Kier alpha value is -1.98. The second-order valence-electron chi connectivity index (χ2n) is 5.57. The fourth-order valence-corrected chi connectivity index (χ4v) is 2.48. The van der Waals surface area contributed by atoms with E-state index in [1.54, 1.807) is 16.9 Å². The van der Waals surface area contributed by atoms with Crippen molar-refractivity contribution in [3.05, 3.63) is 36.0 Å². The quantitative estimate of drug-likeness (QED) is 0.925. The summed E-state index contributed by atoms with van der Waals surface area (Å²) in [6.45, 7) is 2.06. The molecule has 1 aromatic carbocycles. The Bertz CT molecular complexity index is 656. The summed E-state index contributed by atoms with van der Waals surface area (Å²) < 4.78 is 40.1. The van der Waals surface area contributed by atoms with Crippen molar-refractivity contribution in [2.45, 2.75) is 32.0 Å². The highest BCUT2D eigenvalue weighted by molar-refractivity contribution is 5.72. The third kappa shape index (κ3) is 2.75. The molecular weight excluding hydrogens is 279 g/mol. The Morgan fingerprint density at radius 1 is 1.33 bits per heavy atom. The molecule has 1 unspecified atom stereocenters. The number of halogens is 3. The summed E-state index contributed by atoms with van der Waals surface area (Å²) in [5, 5.41) is 4.39. The molecule has 1 aliphatic carbocycles. The van der Waals surface area contributed by atoms with Gasteiger partial charge in [-0.2, -0.15) is 18.3 Å². The van der Waals surface area contributed by atoms with Crippen LogP contribution >= 0.6 is 0 Å². The van der Waals surface area contributed by atoms with Crippen molar-refractivity contribution in [3.8, 4) is 11.3 Å². The minimum Gasteiger partial charge on any atom is -0.396 e. The van der Waals surface area contributed by atoms with E-state index >= 15 is 0 Å². The van der Waals surface area contributed by atoms with Crippen LogP contribution in [0.1, 0.15) is 31.4 Å². The minimum absolute atomic E-state index is 0.229. The van der Waals surface area contributed by atoms with Crippen LogP contribution in [-0.4, -0.2) is 9.78 Å². The minimum atomic E-state index is -4.37. The van der Waals surface area contributed by atoms with Gasteiger partial charge in [-0.15, -0.1) is 0 Å². The van der Waals surface area contributed by atoms with Crippen LogP contribution in [0.4, 0.5) is 18.9 Å². The topological polar surface area (TPSA) is 43.8 Å². The first kappa shape index (κ1) is 14.0. The van der Waals surface area contributed by atoms with Gasteiger partial charge in [0.1, 0.15) is 5.69 Å². The van der Waals surface area contributed by atoms with Crippen molar-refractivity contribution < 1.29 is 13.2 Å². The molecule has 0 saturated heterocycles. The van der Waals surface area contributed by atoms with Crippen molar-refractivity contribution in [2.24, 2.45) is 5.92 Å². The van der Waals surface area contributed by atoms with Crippen LogP contribution < -0.4 is 5.73 Å². The first-order chi connectivity index (χ1) is 9.86. The lowest BCUT2D eigenvalue weighted by Crippen LogP contribution is -2.07. The first-order valence-corrected chi connectivity index (χ1v) is 6.88. The van der Waals surface area contributed by atoms with Crippen molar-refractivity contribution in [1.82, 2.24) is 9.78 Å². The van der Waals surface area contributed by atoms with E-state index in [1.807, 2.05) is 0 Å². The highest BCUT2D eigenvalue weighted by Gasteiger charge is 2.32. The van der Waals surface area contributed by atoms with Gasteiger partial charge >= 0.3 is 6.18 Å². The number of hydrogen-bond acceptors (Lipinski definition) is 2. The molecule has 0 aliphatic heterocycles. The standard InChI is InChI=1S/C15H16F3N3/c1-9(10-5-6-10)21-8-13(19)14(20-21)11-3-2-4-12(7-11)15(16,17)18/h2-4,7-10H,5-6,19H2,1H3. The van der Waals surface area contributed by atoms with Gasteiger partial charge in [0, 0.05) is 11.8 Å². The number of benzene rings is 1. The van der Waals surface area contributed by atoms with Crippen molar-refractivity contribution in [1.29, 1.82) is 0 Å². The number of nitrogens with two attached hydrogens (primary N) is 1. The molecule has 1 saturated carbocycles. The van der Waals surface area contributed by atoms with Gasteiger partial charge in [0.05, 0.1) is 17.3 Å². The second-order valence-corrected chi connectivity index (χ2v) is 5.57. The largest absolute Gasteiger partial charge is 0.416 e. The van der Waals surface area contributed by atoms with Gasteiger partial charge in [0.15, 0.2) is 0 Å². The predicted molar refractivity (Wildman–Crippen MR) is 74.5 cm³/mol. The van der Waals surface area contributed by atoms with Crippen molar-refractivity contribution in [2.75, 3.05) is 5.73 Å². The number of nitrogen functional groups attached to an aromatic ring is 1. The molecule has 112 valence electrons. The average molecular weight is 295 g/mol. The highest BCUT2D eigenvalue weighted by Crippen LogP contribution is 2.40. The van der Waals surface area contributed by atoms with Crippen molar-refractivity contribution >= 4 is 5.69 Å². The van der Waals surface area contributed by atoms with Crippen LogP contribution in [0.2, 0.25) is 0 Å². The van der Waals surface area contributed by atoms with Gasteiger partial charge in [-0.1, -0.05) is 12.1 Å². The average Bonchev–Trinajstić information content (AvgIpc) is 3.20. The summed E-state index contributed by atoms with van der Waals surface area (Å²) in [6, 6.07) is 5.34. The smallest absolute Gasteiger partial charge is 0.396 e. The van der Waals surface area contributed by atoms with Gasteiger partial charge < -0.3 is 5.73 Å². The Morgan fingerprint density at radius 3 is 2.67 bits per heavy atom. The molecular formula is C15H16F3N3. The molecule has 21 heavy (non-hydrogen) atoms. The van der Waals surface area contributed by atoms with Crippen LogP contribution in [0.5, 0.6) is 0 Å². The molecule has 1 aliphatic rings. The van der Waals surface area contributed by atoms with E-state index in [9.17, 15) is 13.2 Å². The van der Waals surface area contributed by atoms with Gasteiger partial charge in [-0.25, -0.2) is 0 Å². The first-order valence-electron chi connectivity index (χ1n) is 6.88. The number of hydrogen-bond donors (Lipinski definition) is 1. The predicted octanol–water partition coefficient (Wildman–Crippen LogP) is 4.12. The summed E-state index contributed by atoms with van der Waals surface area (Å²) in [5.74, 6) is 0.596. The fourth-order valence-electron chi connectivity index (χ4n) is 2.48. The molecule has 0 spiro atoms. The summed E-state index contributed by atoms with van der Waals surface area (Å²) >= 11 is 0. The van der Waals surface area contributed by atoms with Gasteiger partial charge in [0.25, 0.3) is 0 Å². The number of anilines is 1. The third-order valence-corrected chi connectivity index (χ3v) is 3.95. The summed E-state index contributed by atoms with van der Waals surface area (Å²) in [7, 11) is 0. The lowest BCUT2D eigenvalue weighted by atomic mass is 10.1. The lowest BCUT2D eigenvalue weighted by molar-refractivity contribution is -0.137. The maximum absolute atomic E-state index is 12.8. The van der Waals surface area contributed by atoms with Crippen LogP contribution in [-0.2, 0) is 6.18 Å². The van der Waals surface area contributed by atoms with E-state index in [-0.39, 0.29) is 6.04 Å². The SMILES string of the molecule is CC(C1CC1)n1cc(N)c(-c2cccc(C(F)(F)F)c2)n1. The van der Waals surface area contributed by atoms with E-state index in [0.717, 1.165) is 12.1 Å². The van der Waals surface area contributed by atoms with Crippen LogP contribution in [0.3, 0.4) is 0 Å². The monoisotopic (exact) mass is 295 g/mol. The summed E-state index contributed by atoms with van der Waals surface area (Å²) in [6.07, 6.45) is -0.327. The van der Waals surface area contributed by atoms with Gasteiger partial charge in [-0.3, -0.25) is 4.68 Å². The molecule has 0 amide bonds. The molecule has 1 atom stereocenters. The van der Waals surface area contributed by atoms with E-state index in [0.29, 0.717) is 22.9 Å². The zero-order valence-corrected chi connectivity index (χ0v) is 11.6. The van der Waals surface area contributed by atoms with Crippen LogP contribution in [0.25, 0.3) is 11.3 Å². The van der Waals surface area contributed by atoms with Gasteiger partial charge in [0.2, 0.25) is 0 Å². The molecule has 3 nitrogen and oxygen atoms in total. The van der Waals surface area contributed by atoms with Crippen LogP contribution in [0.15, 0.2) is 30.5 Å². The zero-order valence-electron chi connectivity index (χ0n) is 11.6. The maximum Gasteiger partial charge on any atom is 0.416 e. The summed E-state index contributed by atoms with van der Waals surface area (Å²) in [4.78, 5) is 0. The van der Waals surface area contributed by atoms with Crippen LogP contribution in [0, 0.1) is 5.92 Å². The molecule has 6 heteroatoms. The van der Waals surface area contributed by atoms with E-state index in [2.05, 4.69) is 12.0 Å². The third-order valence-electron chi connectivity index (χ3n) is 3.95. The fraction of sp³-hybridized carbons (Fsp3) is 0.400. The Morgan fingerprint density at radius 2 is 2.05 bits per heavy atom. The normalized spacial score (nSPS) is 17.0. The van der Waals surface area contributed by atoms with Crippen molar-refractivity contribution in [3.63, 3.8) is 0 Å². The molecule has 1 aromatic heterocycles. The van der Waals surface area contributed by atoms with E-state index < -0.39 is 11.7 Å². The second kappa shape index (κ2) is 4.79. The molecule has 2 N–H and O–H groups in total. The Labute approximate surface area is 120 Å². The maximum atomic E-state index is 12.8. The molecule has 0 bridgehead atoms. The van der Waals surface area contributed by atoms with E-state index in [1.165, 1.54) is 18.9 Å². The molecule has 3 rings (SSSR count).